The summed E-state index contributed by atoms with van der Waals surface area (Å²) < 4.78 is 4.79. The van der Waals surface area contributed by atoms with Gasteiger partial charge in [0.05, 0.1) is 29.4 Å². The van der Waals surface area contributed by atoms with E-state index in [9.17, 15) is 4.79 Å². The van der Waals surface area contributed by atoms with Gasteiger partial charge in [-0.15, -0.1) is 11.3 Å². The number of nitrogens with one attached hydrogen (secondary N) is 1. The fourth-order valence-electron chi connectivity index (χ4n) is 2.02. The number of carbonyl (C=O) groups excluding carboxylic acids is 1. The van der Waals surface area contributed by atoms with Crippen LogP contribution in [0.25, 0.3) is 0 Å². The Labute approximate surface area is 132 Å². The van der Waals surface area contributed by atoms with Gasteiger partial charge in [-0.1, -0.05) is 11.6 Å². The molecule has 0 bridgehead atoms. The molecular formula is C15H17ClN2O2S. The van der Waals surface area contributed by atoms with Crippen LogP contribution in [-0.4, -0.2) is 13.1 Å². The van der Waals surface area contributed by atoms with Crippen molar-refractivity contribution in [2.45, 2.75) is 19.9 Å². The molecule has 2 aromatic rings. The molecule has 1 aromatic carbocycles. The Morgan fingerprint density at radius 2 is 2.14 bits per heavy atom. The van der Waals surface area contributed by atoms with Crippen molar-refractivity contribution in [1.29, 1.82) is 0 Å². The monoisotopic (exact) mass is 324 g/mol. The maximum atomic E-state index is 11.9. The zero-order valence-electron chi connectivity index (χ0n) is 12.1. The number of carbonyl (C=O) groups is 1. The Hall–Kier alpha value is -1.72. The van der Waals surface area contributed by atoms with Crippen LogP contribution < -0.4 is 11.1 Å². The summed E-state index contributed by atoms with van der Waals surface area (Å²) in [4.78, 5) is 14.3. The van der Waals surface area contributed by atoms with E-state index in [1.54, 1.807) is 23.5 Å². The van der Waals surface area contributed by atoms with Crippen LogP contribution in [0, 0.1) is 6.92 Å². The number of esters is 1. The van der Waals surface area contributed by atoms with Crippen molar-refractivity contribution >= 4 is 40.3 Å². The molecule has 2 rings (SSSR count). The number of aryl methyl sites for hydroxylation is 1. The van der Waals surface area contributed by atoms with Gasteiger partial charge >= 0.3 is 5.97 Å². The van der Waals surface area contributed by atoms with E-state index >= 15 is 0 Å². The molecule has 6 heteroatoms. The van der Waals surface area contributed by atoms with Crippen LogP contribution in [0.2, 0.25) is 5.02 Å². The van der Waals surface area contributed by atoms with E-state index in [1.807, 2.05) is 6.92 Å². The fraction of sp³-hybridized carbons (Fsp3) is 0.267. The minimum atomic E-state index is -0.471. The number of thiophene rings is 1. The van der Waals surface area contributed by atoms with Crippen LogP contribution >= 0.6 is 22.9 Å². The van der Waals surface area contributed by atoms with E-state index in [0.29, 0.717) is 22.0 Å². The molecule has 1 unspecified atom stereocenters. The molecule has 21 heavy (non-hydrogen) atoms. The van der Waals surface area contributed by atoms with Gasteiger partial charge in [-0.05, 0) is 38.1 Å². The van der Waals surface area contributed by atoms with Crippen LogP contribution in [0.1, 0.15) is 33.1 Å². The lowest BCUT2D eigenvalue weighted by atomic mass is 10.1. The van der Waals surface area contributed by atoms with Crippen molar-refractivity contribution in [3.05, 3.63) is 44.6 Å². The summed E-state index contributed by atoms with van der Waals surface area (Å²) in [5, 5.41) is 3.67. The normalized spacial score (nSPS) is 12.0. The molecule has 0 aliphatic rings. The Morgan fingerprint density at radius 3 is 2.71 bits per heavy atom. The van der Waals surface area contributed by atoms with Crippen molar-refractivity contribution in [3.8, 4) is 0 Å². The molecule has 1 heterocycles. The topological polar surface area (TPSA) is 64.3 Å². The minimum Gasteiger partial charge on any atom is -0.465 e. The van der Waals surface area contributed by atoms with E-state index in [0.717, 1.165) is 4.88 Å². The van der Waals surface area contributed by atoms with Gasteiger partial charge in [-0.2, -0.15) is 0 Å². The first-order valence-electron chi connectivity index (χ1n) is 6.42. The highest BCUT2D eigenvalue weighted by atomic mass is 35.5. The number of nitrogen functional groups attached to an aromatic ring is 1. The highest BCUT2D eigenvalue weighted by Crippen LogP contribution is 2.34. The first-order chi connectivity index (χ1) is 9.92. The molecule has 0 amide bonds. The van der Waals surface area contributed by atoms with Crippen LogP contribution in [0.4, 0.5) is 11.4 Å². The third-order valence-electron chi connectivity index (χ3n) is 3.07. The summed E-state index contributed by atoms with van der Waals surface area (Å²) in [6, 6.07) is 7.31. The van der Waals surface area contributed by atoms with Crippen LogP contribution in [-0.2, 0) is 4.74 Å². The van der Waals surface area contributed by atoms with Gasteiger partial charge in [0.2, 0.25) is 0 Å². The van der Waals surface area contributed by atoms with Crippen LogP contribution in [0.3, 0.4) is 0 Å². The smallest absolute Gasteiger partial charge is 0.340 e. The largest absolute Gasteiger partial charge is 0.465 e. The van der Waals surface area contributed by atoms with Gasteiger partial charge in [-0.25, -0.2) is 4.79 Å². The molecule has 0 aliphatic carbocycles. The molecule has 0 fully saturated rings. The number of nitrogens with two attached hydrogens (primary N) is 1. The van der Waals surface area contributed by atoms with Gasteiger partial charge in [0, 0.05) is 15.4 Å². The first kappa shape index (κ1) is 15.7. The average molecular weight is 325 g/mol. The minimum absolute atomic E-state index is 0.0215. The number of benzene rings is 1. The SMILES string of the molecule is COC(=O)c1cc(N)cc(Cl)c1NC(C)c1ccc(C)s1. The summed E-state index contributed by atoms with van der Waals surface area (Å²) in [5.41, 5.74) is 7.04. The maximum absolute atomic E-state index is 11.9. The average Bonchev–Trinajstić information content (AvgIpc) is 2.87. The molecule has 0 radical (unpaired) electrons. The van der Waals surface area contributed by atoms with E-state index in [2.05, 4.69) is 24.4 Å². The molecule has 3 N–H and O–H groups in total. The number of rotatable bonds is 4. The van der Waals surface area contributed by atoms with Gasteiger partial charge in [0.25, 0.3) is 0 Å². The van der Waals surface area contributed by atoms with E-state index in [4.69, 9.17) is 22.1 Å². The molecule has 0 aliphatic heterocycles. The second-order valence-corrected chi connectivity index (χ2v) is 6.46. The molecule has 4 nitrogen and oxygen atoms in total. The summed E-state index contributed by atoms with van der Waals surface area (Å²) >= 11 is 7.92. The third-order valence-corrected chi connectivity index (χ3v) is 4.55. The predicted molar refractivity (Wildman–Crippen MR) is 88.3 cm³/mol. The second-order valence-electron chi connectivity index (χ2n) is 4.73. The summed E-state index contributed by atoms with van der Waals surface area (Å²) in [6.45, 7) is 4.07. The Balaban J connectivity index is 2.36. The number of hydrogen-bond acceptors (Lipinski definition) is 5. The zero-order valence-corrected chi connectivity index (χ0v) is 13.6. The summed E-state index contributed by atoms with van der Waals surface area (Å²) in [5.74, 6) is -0.471. The van der Waals surface area contributed by atoms with Crippen molar-refractivity contribution in [2.24, 2.45) is 0 Å². The van der Waals surface area contributed by atoms with Crippen molar-refractivity contribution in [3.63, 3.8) is 0 Å². The molecule has 0 saturated carbocycles. The number of anilines is 2. The van der Waals surface area contributed by atoms with Crippen LogP contribution in [0.15, 0.2) is 24.3 Å². The van der Waals surface area contributed by atoms with Crippen molar-refractivity contribution < 1.29 is 9.53 Å². The zero-order chi connectivity index (χ0) is 15.6. The predicted octanol–water partition coefficient (Wildman–Crippen LogP) is 4.25. The molecular weight excluding hydrogens is 308 g/mol. The van der Waals surface area contributed by atoms with Gasteiger partial charge < -0.3 is 15.8 Å². The van der Waals surface area contributed by atoms with E-state index in [1.165, 1.54) is 12.0 Å². The molecule has 0 saturated heterocycles. The number of methoxy groups -OCH3 is 1. The third kappa shape index (κ3) is 3.49. The first-order valence-corrected chi connectivity index (χ1v) is 7.62. The molecule has 0 spiro atoms. The molecule has 1 atom stereocenters. The van der Waals surface area contributed by atoms with Crippen LogP contribution in [0.5, 0.6) is 0 Å². The maximum Gasteiger partial charge on any atom is 0.340 e. The quantitative estimate of drug-likeness (QED) is 0.651. The van der Waals surface area contributed by atoms with Gasteiger partial charge in [-0.3, -0.25) is 0 Å². The number of ether oxygens (including phenoxy) is 1. The lowest BCUT2D eigenvalue weighted by Crippen LogP contribution is -2.12. The Kier molecular flexibility index (Phi) is 4.75. The number of hydrogen-bond donors (Lipinski definition) is 2. The van der Waals surface area contributed by atoms with E-state index in [-0.39, 0.29) is 6.04 Å². The van der Waals surface area contributed by atoms with Gasteiger partial charge in [0.15, 0.2) is 0 Å². The fourth-order valence-corrected chi connectivity index (χ4v) is 3.18. The molecule has 1 aromatic heterocycles. The highest BCUT2D eigenvalue weighted by molar-refractivity contribution is 7.12. The standard InChI is InChI=1S/C15H17ClN2O2S/c1-8-4-5-13(21-8)9(2)18-14-11(15(19)20-3)6-10(17)7-12(14)16/h4-7,9,18H,17H2,1-3H3. The Morgan fingerprint density at radius 1 is 1.43 bits per heavy atom. The van der Waals surface area contributed by atoms with Crippen molar-refractivity contribution in [2.75, 3.05) is 18.2 Å². The highest BCUT2D eigenvalue weighted by Gasteiger charge is 2.19. The lowest BCUT2D eigenvalue weighted by molar-refractivity contribution is 0.0602. The number of halogens is 1. The lowest BCUT2D eigenvalue weighted by Gasteiger charge is -2.18. The summed E-state index contributed by atoms with van der Waals surface area (Å²) in [7, 11) is 1.33. The Bertz CT molecular complexity index is 670. The van der Waals surface area contributed by atoms with Gasteiger partial charge in [0.1, 0.15) is 0 Å². The van der Waals surface area contributed by atoms with Crippen molar-refractivity contribution in [1.82, 2.24) is 0 Å². The second kappa shape index (κ2) is 6.37. The van der Waals surface area contributed by atoms with E-state index < -0.39 is 5.97 Å². The molecule has 112 valence electrons. The summed E-state index contributed by atoms with van der Waals surface area (Å²) in [6.07, 6.45) is 0.